The van der Waals surface area contributed by atoms with Gasteiger partial charge in [0.2, 0.25) is 0 Å². The first-order valence-electron chi connectivity index (χ1n) is 10.7. The molecule has 0 saturated carbocycles. The van der Waals surface area contributed by atoms with E-state index in [2.05, 4.69) is 14.9 Å². The third-order valence-electron chi connectivity index (χ3n) is 5.40. The molecular weight excluding hydrogens is 557 g/mol. The smallest absolute Gasteiger partial charge is 0.261 e. The molecule has 37 heavy (non-hydrogen) atoms. The number of sulfone groups is 1. The first kappa shape index (κ1) is 25.2. The predicted octanol–water partition coefficient (Wildman–Crippen LogP) is 5.97. The molecule has 0 spiro atoms. The fraction of sp³-hybridized carbons (Fsp3) is 0.0400. The van der Waals surface area contributed by atoms with Crippen LogP contribution in [0.3, 0.4) is 0 Å². The Morgan fingerprint density at radius 3 is 2.24 bits per heavy atom. The third kappa shape index (κ3) is 5.47. The summed E-state index contributed by atoms with van der Waals surface area (Å²) < 4.78 is 58.9. The first-order valence-corrected chi connectivity index (χ1v) is 14.6. The van der Waals surface area contributed by atoms with Crippen molar-refractivity contribution < 1.29 is 21.4 Å². The second-order valence-corrected chi connectivity index (χ2v) is 12.6. The summed E-state index contributed by atoms with van der Waals surface area (Å²) in [5.41, 5.74) is 0.894. The van der Waals surface area contributed by atoms with E-state index in [4.69, 9.17) is 27.7 Å². The minimum atomic E-state index is -3.94. The van der Waals surface area contributed by atoms with Gasteiger partial charge in [-0.05, 0) is 59.3 Å². The maximum absolute atomic E-state index is 12.8. The van der Waals surface area contributed by atoms with Crippen LogP contribution in [0.2, 0.25) is 10.0 Å². The van der Waals surface area contributed by atoms with Gasteiger partial charge in [-0.15, -0.1) is 0 Å². The summed E-state index contributed by atoms with van der Waals surface area (Å²) in [6, 6.07) is 22.3. The van der Waals surface area contributed by atoms with Gasteiger partial charge in [0.25, 0.3) is 15.9 Å². The quantitative estimate of drug-likeness (QED) is 0.254. The SMILES string of the molecule is O=S(=O)(Cc1noc(-c2cccc3cc(NS(=O)(=O)c4cc(Cl)cc(Cl)c4)ccc23)n1)c1ccccc1. The summed E-state index contributed by atoms with van der Waals surface area (Å²) in [6.07, 6.45) is 0. The van der Waals surface area contributed by atoms with E-state index in [1.54, 1.807) is 54.6 Å². The lowest BCUT2D eigenvalue weighted by atomic mass is 10.0. The lowest BCUT2D eigenvalue weighted by Gasteiger charge is -2.10. The molecule has 0 aliphatic rings. The Hall–Kier alpha value is -3.44. The number of nitrogens with one attached hydrogen (secondary N) is 1. The Morgan fingerprint density at radius 1 is 0.784 bits per heavy atom. The van der Waals surface area contributed by atoms with Crippen molar-refractivity contribution in [1.29, 1.82) is 0 Å². The molecule has 5 rings (SSSR count). The van der Waals surface area contributed by atoms with E-state index < -0.39 is 25.6 Å². The molecule has 0 saturated heterocycles. The summed E-state index contributed by atoms with van der Waals surface area (Å²) in [7, 11) is -7.59. The highest BCUT2D eigenvalue weighted by Crippen LogP contribution is 2.31. The minimum absolute atomic E-state index is 0.0282. The van der Waals surface area contributed by atoms with Crippen LogP contribution in [0.1, 0.15) is 5.82 Å². The molecule has 0 amide bonds. The van der Waals surface area contributed by atoms with Crippen LogP contribution in [0, 0.1) is 0 Å². The monoisotopic (exact) mass is 573 g/mol. The van der Waals surface area contributed by atoms with Gasteiger partial charge in [-0.3, -0.25) is 4.72 Å². The lowest BCUT2D eigenvalue weighted by molar-refractivity contribution is 0.425. The van der Waals surface area contributed by atoms with Crippen LogP contribution in [0.15, 0.2) is 99.2 Å². The molecule has 1 N–H and O–H groups in total. The van der Waals surface area contributed by atoms with Crippen molar-refractivity contribution in [2.75, 3.05) is 4.72 Å². The zero-order valence-corrected chi connectivity index (χ0v) is 21.9. The number of anilines is 1. The van der Waals surface area contributed by atoms with Crippen LogP contribution in [-0.4, -0.2) is 27.0 Å². The van der Waals surface area contributed by atoms with E-state index in [0.717, 1.165) is 0 Å². The van der Waals surface area contributed by atoms with Crippen LogP contribution < -0.4 is 4.72 Å². The highest BCUT2D eigenvalue weighted by atomic mass is 35.5. The number of rotatable bonds is 7. The fourth-order valence-corrected chi connectivity index (χ4v) is 6.70. The fourth-order valence-electron chi connectivity index (χ4n) is 3.73. The van der Waals surface area contributed by atoms with Gasteiger partial charge in [0.15, 0.2) is 15.7 Å². The molecule has 0 aliphatic heterocycles. The summed E-state index contributed by atoms with van der Waals surface area (Å²) in [5, 5.41) is 5.65. The number of hydrogen-bond acceptors (Lipinski definition) is 7. The molecule has 0 fully saturated rings. The highest BCUT2D eigenvalue weighted by molar-refractivity contribution is 7.92. The predicted molar refractivity (Wildman–Crippen MR) is 142 cm³/mol. The number of benzene rings is 4. The number of sulfonamides is 1. The van der Waals surface area contributed by atoms with Gasteiger partial charge in [0.05, 0.1) is 9.79 Å². The largest absolute Gasteiger partial charge is 0.334 e. The Balaban J connectivity index is 1.43. The molecule has 188 valence electrons. The van der Waals surface area contributed by atoms with Gasteiger partial charge in [-0.25, -0.2) is 16.8 Å². The zero-order valence-electron chi connectivity index (χ0n) is 18.8. The molecule has 0 bridgehead atoms. The van der Waals surface area contributed by atoms with E-state index in [0.29, 0.717) is 22.0 Å². The van der Waals surface area contributed by atoms with Gasteiger partial charge in [-0.1, -0.05) is 64.8 Å². The average Bonchev–Trinajstić information content (AvgIpc) is 3.31. The van der Waals surface area contributed by atoms with Crippen molar-refractivity contribution in [3.8, 4) is 11.5 Å². The summed E-state index contributed by atoms with van der Waals surface area (Å²) in [4.78, 5) is 4.39. The van der Waals surface area contributed by atoms with Crippen LogP contribution in [-0.2, 0) is 25.6 Å². The molecule has 0 radical (unpaired) electrons. The molecule has 8 nitrogen and oxygen atoms in total. The molecular formula is C25H17Cl2N3O5S2. The molecule has 1 heterocycles. The number of halogens is 2. The Bertz CT molecular complexity index is 1820. The van der Waals surface area contributed by atoms with Gasteiger partial charge < -0.3 is 4.52 Å². The number of nitrogens with zero attached hydrogens (tertiary/aromatic N) is 2. The first-order chi connectivity index (χ1) is 17.6. The molecule has 0 unspecified atom stereocenters. The van der Waals surface area contributed by atoms with Crippen molar-refractivity contribution in [2.45, 2.75) is 15.5 Å². The normalized spacial score (nSPS) is 12.1. The summed E-state index contributed by atoms with van der Waals surface area (Å²) in [5.74, 6) is -0.240. The minimum Gasteiger partial charge on any atom is -0.334 e. The Kier molecular flexibility index (Phi) is 6.67. The van der Waals surface area contributed by atoms with Crippen molar-refractivity contribution in [2.24, 2.45) is 0 Å². The number of hydrogen-bond donors (Lipinski definition) is 1. The summed E-state index contributed by atoms with van der Waals surface area (Å²) in [6.45, 7) is 0. The third-order valence-corrected chi connectivity index (χ3v) is 8.82. The molecule has 5 aromatic rings. The maximum atomic E-state index is 12.8. The van der Waals surface area contributed by atoms with Crippen LogP contribution in [0.25, 0.3) is 22.2 Å². The molecule has 12 heteroatoms. The van der Waals surface area contributed by atoms with Crippen molar-refractivity contribution in [3.63, 3.8) is 0 Å². The van der Waals surface area contributed by atoms with E-state index in [1.807, 2.05) is 0 Å². The topological polar surface area (TPSA) is 119 Å². The van der Waals surface area contributed by atoms with Gasteiger partial charge in [-0.2, -0.15) is 4.98 Å². The highest BCUT2D eigenvalue weighted by Gasteiger charge is 2.21. The van der Waals surface area contributed by atoms with E-state index in [9.17, 15) is 16.8 Å². The van der Waals surface area contributed by atoms with Crippen molar-refractivity contribution >= 4 is 59.5 Å². The maximum Gasteiger partial charge on any atom is 0.261 e. The molecule has 1 aromatic heterocycles. The lowest BCUT2D eigenvalue weighted by Crippen LogP contribution is -2.13. The van der Waals surface area contributed by atoms with E-state index in [-0.39, 0.29) is 31.6 Å². The number of fused-ring (bicyclic) bond motifs is 1. The van der Waals surface area contributed by atoms with Gasteiger partial charge in [0, 0.05) is 21.3 Å². The second-order valence-electron chi connectivity index (χ2n) is 8.04. The van der Waals surface area contributed by atoms with Crippen molar-refractivity contribution in [1.82, 2.24) is 10.1 Å². The van der Waals surface area contributed by atoms with Crippen LogP contribution in [0.5, 0.6) is 0 Å². The van der Waals surface area contributed by atoms with E-state index >= 15 is 0 Å². The van der Waals surface area contributed by atoms with Crippen molar-refractivity contribution in [3.05, 3.63) is 101 Å². The van der Waals surface area contributed by atoms with Crippen LogP contribution in [0.4, 0.5) is 5.69 Å². The average molecular weight is 574 g/mol. The standard InChI is InChI=1S/C25H17Cl2N3O5S2/c26-17-12-18(27)14-21(13-17)37(33,34)30-19-9-10-22-16(11-19)5-4-8-23(22)25-28-24(29-35-25)15-36(31,32)20-6-2-1-3-7-20/h1-14,30H,15H2. The van der Waals surface area contributed by atoms with Crippen LogP contribution >= 0.6 is 23.2 Å². The summed E-state index contributed by atoms with van der Waals surface area (Å²) >= 11 is 11.9. The molecule has 0 atom stereocenters. The molecule has 0 aliphatic carbocycles. The zero-order chi connectivity index (χ0) is 26.2. The molecule has 4 aromatic carbocycles. The van der Waals surface area contributed by atoms with Gasteiger partial charge >= 0.3 is 0 Å². The van der Waals surface area contributed by atoms with E-state index in [1.165, 1.54) is 30.3 Å². The number of aromatic nitrogens is 2. The Morgan fingerprint density at radius 2 is 1.51 bits per heavy atom. The Labute approximate surface area is 222 Å². The van der Waals surface area contributed by atoms with Gasteiger partial charge in [0.1, 0.15) is 5.75 Å². The second kappa shape index (κ2) is 9.79.